The smallest absolute Gasteiger partial charge is 0.283 e. The van der Waals surface area contributed by atoms with Gasteiger partial charge in [-0.25, -0.2) is 0 Å². The lowest BCUT2D eigenvalue weighted by Gasteiger charge is -2.20. The third-order valence-corrected chi connectivity index (χ3v) is 5.19. The van der Waals surface area contributed by atoms with Gasteiger partial charge < -0.3 is 14.2 Å². The minimum Gasteiger partial charge on any atom is -0.487 e. The number of hydrogen-bond acceptors (Lipinski definition) is 7. The molecule has 3 aliphatic rings. The number of rotatable bonds is 4. The van der Waals surface area contributed by atoms with Crippen molar-refractivity contribution in [3.05, 3.63) is 59.7 Å². The standard InChI is InChI=1S/C20H14N4O4S/c21-18-14(8-12-6-7-15-16(9-12)28-11-27-15)19(25)22-20-24(18)23-17(29-20)10-26-13-4-2-1-3-5-13/h1-9,21H,10-11H2/b14-8-,21-18?. The molecular weight excluding hydrogens is 392 g/mol. The van der Waals surface area contributed by atoms with E-state index in [0.29, 0.717) is 27.3 Å². The van der Waals surface area contributed by atoms with Crippen molar-refractivity contribution in [3.8, 4) is 17.2 Å². The fourth-order valence-electron chi connectivity index (χ4n) is 2.92. The molecule has 0 aromatic heterocycles. The maximum absolute atomic E-state index is 12.5. The monoisotopic (exact) mass is 406 g/mol. The van der Waals surface area contributed by atoms with Crippen molar-refractivity contribution in [2.45, 2.75) is 0 Å². The number of para-hydroxylation sites is 1. The molecule has 0 fully saturated rings. The third kappa shape index (κ3) is 3.36. The molecule has 0 atom stereocenters. The molecule has 0 radical (unpaired) electrons. The second-order valence-corrected chi connectivity index (χ2v) is 7.27. The Morgan fingerprint density at radius 3 is 2.86 bits per heavy atom. The molecular formula is C20H14N4O4S. The van der Waals surface area contributed by atoms with E-state index in [0.717, 1.165) is 5.75 Å². The molecule has 1 N–H and O–H groups in total. The van der Waals surface area contributed by atoms with Gasteiger partial charge in [0.2, 0.25) is 12.0 Å². The molecule has 0 aliphatic carbocycles. The van der Waals surface area contributed by atoms with Gasteiger partial charge in [-0.05, 0) is 47.7 Å². The summed E-state index contributed by atoms with van der Waals surface area (Å²) >= 11 is 1.22. The summed E-state index contributed by atoms with van der Waals surface area (Å²) in [6.07, 6.45) is 1.60. The molecule has 2 aromatic carbocycles. The van der Waals surface area contributed by atoms with Gasteiger partial charge in [-0.1, -0.05) is 24.3 Å². The number of nitrogens with one attached hydrogen (secondary N) is 1. The van der Waals surface area contributed by atoms with E-state index in [-0.39, 0.29) is 24.8 Å². The molecule has 0 saturated carbocycles. The molecule has 8 nitrogen and oxygen atoms in total. The Morgan fingerprint density at radius 1 is 1.17 bits per heavy atom. The maximum Gasteiger partial charge on any atom is 0.283 e. The lowest BCUT2D eigenvalue weighted by atomic mass is 10.1. The summed E-state index contributed by atoms with van der Waals surface area (Å²) in [5, 5.41) is 15.1. The van der Waals surface area contributed by atoms with Gasteiger partial charge in [0.05, 0.1) is 5.57 Å². The first-order chi connectivity index (χ1) is 14.2. The second kappa shape index (κ2) is 7.10. The lowest BCUT2D eigenvalue weighted by molar-refractivity contribution is -0.114. The van der Waals surface area contributed by atoms with Crippen molar-refractivity contribution >= 4 is 39.8 Å². The number of amidine groups is 2. The van der Waals surface area contributed by atoms with Crippen LogP contribution in [-0.4, -0.2) is 40.4 Å². The molecule has 29 heavy (non-hydrogen) atoms. The van der Waals surface area contributed by atoms with Crippen LogP contribution in [-0.2, 0) is 4.79 Å². The molecule has 5 rings (SSSR count). The number of thioether (sulfide) groups is 1. The average Bonchev–Trinajstić information content (AvgIpc) is 3.36. The number of amides is 1. The molecule has 9 heteroatoms. The van der Waals surface area contributed by atoms with Crippen LogP contribution in [0.4, 0.5) is 0 Å². The van der Waals surface area contributed by atoms with Crippen molar-refractivity contribution in [2.75, 3.05) is 13.4 Å². The number of carbonyl (C=O) groups excluding carboxylic acids is 1. The first-order valence-corrected chi connectivity index (χ1v) is 9.55. The van der Waals surface area contributed by atoms with Crippen LogP contribution in [0.1, 0.15) is 5.56 Å². The van der Waals surface area contributed by atoms with E-state index in [2.05, 4.69) is 10.1 Å². The summed E-state index contributed by atoms with van der Waals surface area (Å²) in [7, 11) is 0. The summed E-state index contributed by atoms with van der Waals surface area (Å²) < 4.78 is 16.4. The fourth-order valence-corrected chi connectivity index (χ4v) is 3.72. The number of benzene rings is 2. The molecule has 0 spiro atoms. The molecule has 0 bridgehead atoms. The quantitative estimate of drug-likeness (QED) is 0.784. The van der Waals surface area contributed by atoms with Crippen LogP contribution in [0.25, 0.3) is 6.08 Å². The minimum absolute atomic E-state index is 0.0279. The molecule has 1 amide bonds. The number of carbonyl (C=O) groups is 1. The first-order valence-electron chi connectivity index (χ1n) is 8.74. The Balaban J connectivity index is 1.36. The fraction of sp³-hybridized carbons (Fsp3) is 0.100. The number of nitrogens with zero attached hydrogens (tertiary/aromatic N) is 3. The van der Waals surface area contributed by atoms with Crippen LogP contribution >= 0.6 is 11.8 Å². The van der Waals surface area contributed by atoms with Crippen molar-refractivity contribution in [2.24, 2.45) is 10.1 Å². The normalized spacial score (nSPS) is 18.6. The number of hydrogen-bond donors (Lipinski definition) is 1. The van der Waals surface area contributed by atoms with Gasteiger partial charge in [-0.15, -0.1) is 0 Å². The van der Waals surface area contributed by atoms with E-state index in [1.54, 1.807) is 24.3 Å². The Kier molecular flexibility index (Phi) is 4.28. The van der Waals surface area contributed by atoms with Gasteiger partial charge in [0.1, 0.15) is 17.4 Å². The SMILES string of the molecule is N=C1/C(=C/c2ccc3c(c2)OCO3)C(=O)N=C2SC(COc3ccccc3)=NN12. The Bertz CT molecular complexity index is 1110. The van der Waals surface area contributed by atoms with Gasteiger partial charge in [0.15, 0.2) is 17.3 Å². The molecule has 3 aliphatic heterocycles. The summed E-state index contributed by atoms with van der Waals surface area (Å²) in [6, 6.07) is 14.7. The van der Waals surface area contributed by atoms with Crippen LogP contribution < -0.4 is 14.2 Å². The van der Waals surface area contributed by atoms with E-state index in [1.807, 2.05) is 30.3 Å². The highest BCUT2D eigenvalue weighted by Gasteiger charge is 2.35. The van der Waals surface area contributed by atoms with Crippen LogP contribution in [0.5, 0.6) is 17.2 Å². The van der Waals surface area contributed by atoms with Gasteiger partial charge in [-0.2, -0.15) is 15.1 Å². The molecule has 144 valence electrons. The van der Waals surface area contributed by atoms with Crippen molar-refractivity contribution in [1.82, 2.24) is 5.01 Å². The van der Waals surface area contributed by atoms with Crippen LogP contribution in [0.15, 0.2) is 64.2 Å². The average molecular weight is 406 g/mol. The van der Waals surface area contributed by atoms with E-state index < -0.39 is 5.91 Å². The lowest BCUT2D eigenvalue weighted by Crippen LogP contribution is -2.35. The highest BCUT2D eigenvalue weighted by Crippen LogP contribution is 2.34. The zero-order valence-electron chi connectivity index (χ0n) is 15.0. The van der Waals surface area contributed by atoms with E-state index >= 15 is 0 Å². The molecule has 3 heterocycles. The first kappa shape index (κ1) is 17.5. The van der Waals surface area contributed by atoms with Gasteiger partial charge in [0, 0.05) is 0 Å². The Morgan fingerprint density at radius 2 is 2.00 bits per heavy atom. The largest absolute Gasteiger partial charge is 0.487 e. The Labute approximate surface area is 170 Å². The highest BCUT2D eigenvalue weighted by atomic mass is 32.2. The van der Waals surface area contributed by atoms with Crippen LogP contribution in [0, 0.1) is 5.41 Å². The van der Waals surface area contributed by atoms with Crippen LogP contribution in [0.2, 0.25) is 0 Å². The summed E-state index contributed by atoms with van der Waals surface area (Å²) in [5.41, 5.74) is 0.867. The number of fused-ring (bicyclic) bond motifs is 2. The number of hydrazone groups is 1. The van der Waals surface area contributed by atoms with Crippen molar-refractivity contribution in [3.63, 3.8) is 0 Å². The van der Waals surface area contributed by atoms with E-state index in [4.69, 9.17) is 19.6 Å². The maximum atomic E-state index is 12.5. The third-order valence-electron chi connectivity index (χ3n) is 4.31. The van der Waals surface area contributed by atoms with Crippen LogP contribution in [0.3, 0.4) is 0 Å². The zero-order valence-corrected chi connectivity index (χ0v) is 15.8. The summed E-state index contributed by atoms with van der Waals surface area (Å²) in [6.45, 7) is 0.401. The van der Waals surface area contributed by atoms with Gasteiger partial charge >= 0.3 is 0 Å². The molecule has 0 saturated heterocycles. The minimum atomic E-state index is -0.480. The predicted octanol–water partition coefficient (Wildman–Crippen LogP) is 3.11. The van der Waals surface area contributed by atoms with Gasteiger partial charge in [0.25, 0.3) is 5.91 Å². The topological polar surface area (TPSA) is 96.6 Å². The second-order valence-electron chi connectivity index (χ2n) is 6.23. The van der Waals surface area contributed by atoms with E-state index in [1.165, 1.54) is 16.8 Å². The van der Waals surface area contributed by atoms with Gasteiger partial charge in [-0.3, -0.25) is 10.2 Å². The predicted molar refractivity (Wildman–Crippen MR) is 110 cm³/mol. The van der Waals surface area contributed by atoms with E-state index in [9.17, 15) is 4.79 Å². The zero-order chi connectivity index (χ0) is 19.8. The summed E-state index contributed by atoms with van der Waals surface area (Å²) in [4.78, 5) is 16.6. The number of ether oxygens (including phenoxy) is 3. The van der Waals surface area contributed by atoms with Crippen molar-refractivity contribution in [1.29, 1.82) is 5.41 Å². The van der Waals surface area contributed by atoms with Crippen molar-refractivity contribution < 1.29 is 19.0 Å². The highest BCUT2D eigenvalue weighted by molar-refractivity contribution is 8.27. The number of aliphatic imine (C=N–C) groups is 1. The summed E-state index contributed by atoms with van der Waals surface area (Å²) in [5.74, 6) is 1.47. The Hall–Kier alpha value is -3.59. The molecule has 2 aromatic rings. The molecule has 0 unspecified atom stereocenters.